The van der Waals surface area contributed by atoms with Crippen molar-refractivity contribution in [1.82, 2.24) is 29.4 Å². The Labute approximate surface area is 180 Å². The Morgan fingerprint density at radius 3 is 2.93 bits per heavy atom. The van der Waals surface area contributed by atoms with Gasteiger partial charge in [-0.1, -0.05) is 11.6 Å². The van der Waals surface area contributed by atoms with Crippen LogP contribution >= 0.6 is 35.6 Å². The molecule has 3 aromatic heterocycles. The van der Waals surface area contributed by atoms with Gasteiger partial charge >= 0.3 is 0 Å². The Bertz CT molecular complexity index is 948. The number of imidazole rings is 1. The van der Waals surface area contributed by atoms with E-state index in [-0.39, 0.29) is 24.0 Å². The number of aromatic nitrogens is 4. The van der Waals surface area contributed by atoms with Crippen molar-refractivity contribution in [2.45, 2.75) is 18.9 Å². The first-order valence-electron chi connectivity index (χ1n) is 8.69. The monoisotopic (exact) mass is 499 g/mol. The SMILES string of the molecule is CN=C(NCc1cn2cc(Cl)ccc2n1)N1CCC(c2cnn(C)c2)C1.I. The van der Waals surface area contributed by atoms with E-state index in [2.05, 4.69) is 31.5 Å². The highest BCUT2D eigenvalue weighted by Gasteiger charge is 2.26. The van der Waals surface area contributed by atoms with E-state index >= 15 is 0 Å². The standard InChI is InChI=1S/C18H22ClN7.HI/c1-20-18(25-6-5-13(10-25)14-7-22-24(2)9-14)21-8-16-12-26-11-15(19)3-4-17(26)23-16;/h3-4,7,9,11-13H,5-6,8,10H2,1-2H3,(H,20,21);1H. The molecule has 7 nitrogen and oxygen atoms in total. The van der Waals surface area contributed by atoms with Gasteiger partial charge in [0, 0.05) is 51.7 Å². The van der Waals surface area contributed by atoms with Gasteiger partial charge in [-0.05, 0) is 24.1 Å². The molecular formula is C18H23ClIN7. The van der Waals surface area contributed by atoms with Crippen LogP contribution in [0.3, 0.4) is 0 Å². The van der Waals surface area contributed by atoms with Crippen LogP contribution in [0.25, 0.3) is 5.65 Å². The smallest absolute Gasteiger partial charge is 0.193 e. The normalized spacial score (nSPS) is 17.4. The lowest BCUT2D eigenvalue weighted by molar-refractivity contribution is 0.485. The molecule has 144 valence electrons. The number of nitrogens with zero attached hydrogens (tertiary/aromatic N) is 6. The zero-order valence-electron chi connectivity index (χ0n) is 15.3. The molecule has 0 spiro atoms. The Morgan fingerprint density at radius 2 is 2.19 bits per heavy atom. The number of fused-ring (bicyclic) bond motifs is 1. The second-order valence-corrected chi connectivity index (χ2v) is 7.06. The van der Waals surface area contributed by atoms with Gasteiger partial charge in [0.2, 0.25) is 0 Å². The minimum absolute atomic E-state index is 0. The van der Waals surface area contributed by atoms with E-state index in [9.17, 15) is 0 Å². The van der Waals surface area contributed by atoms with E-state index in [0.29, 0.717) is 17.5 Å². The lowest BCUT2D eigenvalue weighted by Gasteiger charge is -2.21. The molecule has 0 aliphatic carbocycles. The predicted molar refractivity (Wildman–Crippen MR) is 118 cm³/mol. The van der Waals surface area contributed by atoms with Gasteiger partial charge in [0.05, 0.1) is 23.5 Å². The first kappa shape index (κ1) is 19.9. The molecule has 9 heteroatoms. The molecule has 1 aliphatic heterocycles. The molecule has 1 fully saturated rings. The molecule has 27 heavy (non-hydrogen) atoms. The molecule has 0 bridgehead atoms. The molecule has 1 saturated heterocycles. The van der Waals surface area contributed by atoms with Crippen LogP contribution in [0.4, 0.5) is 0 Å². The van der Waals surface area contributed by atoms with Crippen LogP contribution in [0, 0.1) is 0 Å². The molecule has 1 unspecified atom stereocenters. The number of guanidine groups is 1. The lowest BCUT2D eigenvalue weighted by Crippen LogP contribution is -2.39. The Balaban J connectivity index is 0.00000210. The quantitative estimate of drug-likeness (QED) is 0.342. The predicted octanol–water partition coefficient (Wildman–Crippen LogP) is 2.90. The minimum atomic E-state index is 0. The third-order valence-electron chi connectivity index (χ3n) is 4.79. The van der Waals surface area contributed by atoms with Crippen molar-refractivity contribution in [3.63, 3.8) is 0 Å². The van der Waals surface area contributed by atoms with Gasteiger partial charge in [0.15, 0.2) is 5.96 Å². The third kappa shape index (κ3) is 4.37. The fraction of sp³-hybridized carbons (Fsp3) is 0.389. The Morgan fingerprint density at radius 1 is 1.33 bits per heavy atom. The van der Waals surface area contributed by atoms with E-state index < -0.39 is 0 Å². The molecular weight excluding hydrogens is 477 g/mol. The summed E-state index contributed by atoms with van der Waals surface area (Å²) in [5.41, 5.74) is 3.14. The van der Waals surface area contributed by atoms with Crippen molar-refractivity contribution in [2.24, 2.45) is 12.0 Å². The molecule has 0 radical (unpaired) electrons. The number of pyridine rings is 1. The molecule has 4 rings (SSSR count). The average molecular weight is 500 g/mol. The van der Waals surface area contributed by atoms with Crippen molar-refractivity contribution < 1.29 is 0 Å². The Kier molecular flexibility index (Phi) is 6.25. The van der Waals surface area contributed by atoms with Crippen molar-refractivity contribution in [3.05, 3.63) is 53.2 Å². The number of halogens is 2. The summed E-state index contributed by atoms with van der Waals surface area (Å²) in [5.74, 6) is 1.41. The molecule has 4 heterocycles. The van der Waals surface area contributed by atoms with Gasteiger partial charge < -0.3 is 14.6 Å². The van der Waals surface area contributed by atoms with Gasteiger partial charge in [0.1, 0.15) is 5.65 Å². The van der Waals surface area contributed by atoms with Gasteiger partial charge in [-0.15, -0.1) is 24.0 Å². The maximum atomic E-state index is 6.03. The number of aryl methyl sites for hydroxylation is 1. The molecule has 0 amide bonds. The van der Waals surface area contributed by atoms with Crippen molar-refractivity contribution in [3.8, 4) is 0 Å². The number of hydrogen-bond donors (Lipinski definition) is 1. The zero-order chi connectivity index (χ0) is 18.1. The fourth-order valence-corrected chi connectivity index (χ4v) is 3.65. The zero-order valence-corrected chi connectivity index (χ0v) is 18.4. The van der Waals surface area contributed by atoms with E-state index in [0.717, 1.165) is 36.8 Å². The molecule has 3 aromatic rings. The highest BCUT2D eigenvalue weighted by Crippen LogP contribution is 2.26. The Hall–Kier alpha value is -1.81. The maximum absolute atomic E-state index is 6.03. The van der Waals surface area contributed by atoms with Crippen LogP contribution in [0.1, 0.15) is 23.6 Å². The van der Waals surface area contributed by atoms with Crippen LogP contribution in [0.2, 0.25) is 5.02 Å². The van der Waals surface area contributed by atoms with Crippen molar-refractivity contribution in [1.29, 1.82) is 0 Å². The first-order valence-corrected chi connectivity index (χ1v) is 9.07. The molecule has 1 atom stereocenters. The second-order valence-electron chi connectivity index (χ2n) is 6.62. The summed E-state index contributed by atoms with van der Waals surface area (Å²) in [5, 5.41) is 8.41. The number of rotatable bonds is 3. The minimum Gasteiger partial charge on any atom is -0.351 e. The summed E-state index contributed by atoms with van der Waals surface area (Å²) in [6.45, 7) is 2.56. The summed E-state index contributed by atoms with van der Waals surface area (Å²) >= 11 is 6.03. The summed E-state index contributed by atoms with van der Waals surface area (Å²) in [7, 11) is 3.78. The largest absolute Gasteiger partial charge is 0.351 e. The van der Waals surface area contributed by atoms with Crippen LogP contribution in [0.5, 0.6) is 0 Å². The first-order chi connectivity index (χ1) is 12.6. The van der Waals surface area contributed by atoms with Crippen LogP contribution in [-0.2, 0) is 13.6 Å². The number of likely N-dealkylation sites (tertiary alicyclic amines) is 1. The van der Waals surface area contributed by atoms with Gasteiger partial charge in [-0.2, -0.15) is 5.10 Å². The maximum Gasteiger partial charge on any atom is 0.193 e. The van der Waals surface area contributed by atoms with Crippen LogP contribution in [0.15, 0.2) is 41.9 Å². The topological polar surface area (TPSA) is 62.8 Å². The van der Waals surface area contributed by atoms with Gasteiger partial charge in [-0.3, -0.25) is 9.67 Å². The summed E-state index contributed by atoms with van der Waals surface area (Å²) in [6.07, 6.45) is 9.03. The lowest BCUT2D eigenvalue weighted by atomic mass is 10.0. The highest BCUT2D eigenvalue weighted by atomic mass is 127. The highest BCUT2D eigenvalue weighted by molar-refractivity contribution is 14.0. The second kappa shape index (κ2) is 8.47. The molecule has 0 aromatic carbocycles. The summed E-state index contributed by atoms with van der Waals surface area (Å²) in [6, 6.07) is 3.77. The fourth-order valence-electron chi connectivity index (χ4n) is 3.48. The number of hydrogen-bond acceptors (Lipinski definition) is 3. The molecule has 0 saturated carbocycles. The van der Waals surface area contributed by atoms with Crippen molar-refractivity contribution >= 4 is 47.2 Å². The number of aliphatic imine (C=N–C) groups is 1. The van der Waals surface area contributed by atoms with Crippen molar-refractivity contribution in [2.75, 3.05) is 20.1 Å². The van der Waals surface area contributed by atoms with Gasteiger partial charge in [-0.25, -0.2) is 4.98 Å². The van der Waals surface area contributed by atoms with Crippen LogP contribution in [-0.4, -0.2) is 50.2 Å². The van der Waals surface area contributed by atoms with Gasteiger partial charge in [0.25, 0.3) is 0 Å². The molecule has 1 aliphatic rings. The average Bonchev–Trinajstić information content (AvgIpc) is 3.34. The summed E-state index contributed by atoms with van der Waals surface area (Å²) in [4.78, 5) is 11.3. The van der Waals surface area contributed by atoms with E-state index in [1.54, 1.807) is 0 Å². The third-order valence-corrected chi connectivity index (χ3v) is 5.01. The van der Waals surface area contributed by atoms with E-state index in [1.807, 2.05) is 53.9 Å². The van der Waals surface area contributed by atoms with E-state index in [4.69, 9.17) is 11.6 Å². The molecule has 1 N–H and O–H groups in total. The van der Waals surface area contributed by atoms with E-state index in [1.165, 1.54) is 5.56 Å². The van der Waals surface area contributed by atoms with Crippen LogP contribution < -0.4 is 5.32 Å². The summed E-state index contributed by atoms with van der Waals surface area (Å²) < 4.78 is 3.80. The number of nitrogens with one attached hydrogen (secondary N) is 1.